The van der Waals surface area contributed by atoms with Crippen LogP contribution in [0.25, 0.3) is 0 Å². The lowest BCUT2D eigenvalue weighted by molar-refractivity contribution is 0.234. The SMILES string of the molecule is CC(C)Oc1nc(NCCc2ncc[nH]2)ccc1N. The highest BCUT2D eigenvalue weighted by atomic mass is 16.5. The van der Waals surface area contributed by atoms with Gasteiger partial charge in [0.05, 0.1) is 11.8 Å². The molecule has 0 aliphatic carbocycles. The monoisotopic (exact) mass is 261 g/mol. The van der Waals surface area contributed by atoms with Gasteiger partial charge >= 0.3 is 0 Å². The molecule has 0 spiro atoms. The van der Waals surface area contributed by atoms with E-state index in [2.05, 4.69) is 20.3 Å². The molecule has 0 aliphatic heterocycles. The smallest absolute Gasteiger partial charge is 0.239 e. The van der Waals surface area contributed by atoms with Crippen LogP contribution in [0.1, 0.15) is 19.7 Å². The number of aromatic amines is 1. The van der Waals surface area contributed by atoms with Gasteiger partial charge in [-0.1, -0.05) is 0 Å². The predicted molar refractivity (Wildman–Crippen MR) is 75.2 cm³/mol. The van der Waals surface area contributed by atoms with Gasteiger partial charge in [-0.15, -0.1) is 0 Å². The van der Waals surface area contributed by atoms with E-state index in [4.69, 9.17) is 10.5 Å². The number of H-pyrrole nitrogens is 1. The molecule has 19 heavy (non-hydrogen) atoms. The van der Waals surface area contributed by atoms with E-state index >= 15 is 0 Å². The van der Waals surface area contributed by atoms with E-state index in [-0.39, 0.29) is 6.10 Å². The van der Waals surface area contributed by atoms with Gasteiger partial charge in [-0.25, -0.2) is 4.98 Å². The molecule has 0 radical (unpaired) electrons. The van der Waals surface area contributed by atoms with Crippen molar-refractivity contribution < 1.29 is 4.74 Å². The zero-order valence-electron chi connectivity index (χ0n) is 11.2. The second-order valence-electron chi connectivity index (χ2n) is 4.47. The summed E-state index contributed by atoms with van der Waals surface area (Å²) in [4.78, 5) is 11.6. The Morgan fingerprint density at radius 3 is 2.95 bits per heavy atom. The number of pyridine rings is 1. The molecule has 0 saturated heterocycles. The first-order valence-electron chi connectivity index (χ1n) is 6.30. The summed E-state index contributed by atoms with van der Waals surface area (Å²) in [6, 6.07) is 3.63. The van der Waals surface area contributed by atoms with Gasteiger partial charge in [-0.3, -0.25) is 0 Å². The van der Waals surface area contributed by atoms with Crippen LogP contribution in [-0.2, 0) is 6.42 Å². The lowest BCUT2D eigenvalue weighted by Crippen LogP contribution is -2.11. The molecule has 0 atom stereocenters. The Kier molecular flexibility index (Phi) is 4.22. The first-order valence-corrected chi connectivity index (χ1v) is 6.30. The quantitative estimate of drug-likeness (QED) is 0.738. The Morgan fingerprint density at radius 1 is 1.42 bits per heavy atom. The fourth-order valence-electron chi connectivity index (χ4n) is 1.61. The highest BCUT2D eigenvalue weighted by molar-refractivity contribution is 5.53. The van der Waals surface area contributed by atoms with E-state index in [0.29, 0.717) is 11.6 Å². The Balaban J connectivity index is 1.93. The minimum Gasteiger partial charge on any atom is -0.473 e. The first kappa shape index (κ1) is 13.2. The maximum absolute atomic E-state index is 5.81. The molecule has 2 rings (SSSR count). The van der Waals surface area contributed by atoms with E-state index in [1.165, 1.54) is 0 Å². The summed E-state index contributed by atoms with van der Waals surface area (Å²) in [5.41, 5.74) is 6.36. The number of hydrogen-bond donors (Lipinski definition) is 3. The van der Waals surface area contributed by atoms with Gasteiger partial charge in [0.25, 0.3) is 0 Å². The van der Waals surface area contributed by atoms with E-state index in [9.17, 15) is 0 Å². The van der Waals surface area contributed by atoms with Crippen LogP contribution in [-0.4, -0.2) is 27.6 Å². The van der Waals surface area contributed by atoms with E-state index < -0.39 is 0 Å². The van der Waals surface area contributed by atoms with Crippen molar-refractivity contribution in [2.45, 2.75) is 26.4 Å². The molecule has 6 nitrogen and oxygen atoms in total. The van der Waals surface area contributed by atoms with E-state index in [0.717, 1.165) is 24.6 Å². The molecule has 0 unspecified atom stereocenters. The zero-order chi connectivity index (χ0) is 13.7. The standard InChI is InChI=1S/C13H19N5O/c1-9(2)19-13-10(14)3-4-12(18-13)15-6-5-11-16-7-8-17-11/h3-4,7-9H,5-6,14H2,1-2H3,(H,15,18)(H,16,17). The summed E-state index contributed by atoms with van der Waals surface area (Å²) in [5.74, 6) is 2.16. The van der Waals surface area contributed by atoms with Crippen molar-refractivity contribution in [3.8, 4) is 5.88 Å². The van der Waals surface area contributed by atoms with Crippen LogP contribution in [0.2, 0.25) is 0 Å². The number of nitrogens with one attached hydrogen (secondary N) is 2. The highest BCUT2D eigenvalue weighted by Crippen LogP contribution is 2.21. The average molecular weight is 261 g/mol. The van der Waals surface area contributed by atoms with Crippen LogP contribution >= 0.6 is 0 Å². The molecule has 0 amide bonds. The summed E-state index contributed by atoms with van der Waals surface area (Å²) in [7, 11) is 0. The van der Waals surface area contributed by atoms with Crippen molar-refractivity contribution in [2.24, 2.45) is 0 Å². The van der Waals surface area contributed by atoms with Crippen molar-refractivity contribution in [3.63, 3.8) is 0 Å². The lowest BCUT2D eigenvalue weighted by Gasteiger charge is -2.12. The molecule has 0 saturated carbocycles. The minimum atomic E-state index is 0.0492. The third-order valence-electron chi connectivity index (χ3n) is 2.46. The topological polar surface area (TPSA) is 88.8 Å². The number of imidazole rings is 1. The van der Waals surface area contributed by atoms with Crippen LogP contribution < -0.4 is 15.8 Å². The average Bonchev–Trinajstić information content (AvgIpc) is 2.86. The number of rotatable bonds is 6. The van der Waals surface area contributed by atoms with Crippen molar-refractivity contribution >= 4 is 11.5 Å². The number of ether oxygens (including phenoxy) is 1. The van der Waals surface area contributed by atoms with Crippen LogP contribution in [0.15, 0.2) is 24.5 Å². The molecular formula is C13H19N5O. The molecule has 2 aromatic rings. The lowest BCUT2D eigenvalue weighted by atomic mass is 10.3. The molecule has 6 heteroatoms. The van der Waals surface area contributed by atoms with Gasteiger partial charge in [-0.05, 0) is 26.0 Å². The van der Waals surface area contributed by atoms with Crippen LogP contribution in [0.5, 0.6) is 5.88 Å². The number of anilines is 2. The van der Waals surface area contributed by atoms with Crippen molar-refractivity contribution in [1.82, 2.24) is 15.0 Å². The summed E-state index contributed by atoms with van der Waals surface area (Å²) in [6.45, 7) is 4.63. The number of nitrogen functional groups attached to an aromatic ring is 1. The highest BCUT2D eigenvalue weighted by Gasteiger charge is 2.06. The van der Waals surface area contributed by atoms with E-state index in [1.54, 1.807) is 12.3 Å². The first-order chi connectivity index (χ1) is 9.15. The summed E-state index contributed by atoms with van der Waals surface area (Å²) in [6.07, 6.45) is 4.41. The van der Waals surface area contributed by atoms with Gasteiger partial charge in [0.2, 0.25) is 5.88 Å². The third-order valence-corrected chi connectivity index (χ3v) is 2.46. The normalized spacial score (nSPS) is 10.7. The minimum absolute atomic E-state index is 0.0492. The predicted octanol–water partition coefficient (Wildman–Crippen LogP) is 1.83. The van der Waals surface area contributed by atoms with Crippen molar-refractivity contribution in [1.29, 1.82) is 0 Å². The fourth-order valence-corrected chi connectivity index (χ4v) is 1.61. The number of aromatic nitrogens is 3. The molecule has 0 aromatic carbocycles. The molecule has 2 heterocycles. The van der Waals surface area contributed by atoms with Gasteiger partial charge in [0.15, 0.2) is 0 Å². The molecule has 2 aromatic heterocycles. The molecule has 0 bridgehead atoms. The van der Waals surface area contributed by atoms with Crippen LogP contribution in [0.4, 0.5) is 11.5 Å². The molecule has 4 N–H and O–H groups in total. The van der Waals surface area contributed by atoms with Gasteiger partial charge in [-0.2, -0.15) is 4.98 Å². The maximum Gasteiger partial charge on any atom is 0.239 e. The maximum atomic E-state index is 5.81. The Labute approximate surface area is 112 Å². The molecular weight excluding hydrogens is 242 g/mol. The van der Waals surface area contributed by atoms with Crippen molar-refractivity contribution in [3.05, 3.63) is 30.4 Å². The summed E-state index contributed by atoms with van der Waals surface area (Å²) < 4.78 is 5.54. The molecule has 0 aliphatic rings. The van der Waals surface area contributed by atoms with Gasteiger partial charge in [0.1, 0.15) is 11.6 Å². The zero-order valence-corrected chi connectivity index (χ0v) is 11.2. The van der Waals surface area contributed by atoms with Crippen LogP contribution in [0, 0.1) is 0 Å². The van der Waals surface area contributed by atoms with Crippen molar-refractivity contribution in [2.75, 3.05) is 17.6 Å². The molecule has 0 fully saturated rings. The Hall–Kier alpha value is -2.24. The number of hydrogen-bond acceptors (Lipinski definition) is 5. The molecule has 102 valence electrons. The van der Waals surface area contributed by atoms with Gasteiger partial charge < -0.3 is 20.8 Å². The second-order valence-corrected chi connectivity index (χ2v) is 4.47. The summed E-state index contributed by atoms with van der Waals surface area (Å²) in [5, 5.41) is 3.22. The fraction of sp³-hybridized carbons (Fsp3) is 0.385. The number of nitrogens with two attached hydrogens (primary N) is 1. The van der Waals surface area contributed by atoms with Gasteiger partial charge in [0, 0.05) is 25.4 Å². The van der Waals surface area contributed by atoms with Crippen LogP contribution in [0.3, 0.4) is 0 Å². The summed E-state index contributed by atoms with van der Waals surface area (Å²) >= 11 is 0. The third kappa shape index (κ3) is 3.87. The second kappa shape index (κ2) is 6.08. The largest absolute Gasteiger partial charge is 0.473 e. The Morgan fingerprint density at radius 2 is 2.26 bits per heavy atom. The Bertz CT molecular complexity index is 510. The number of nitrogens with zero attached hydrogens (tertiary/aromatic N) is 2. The van der Waals surface area contributed by atoms with E-state index in [1.807, 2.05) is 26.1 Å².